The first-order valence-electron chi connectivity index (χ1n) is 4.64. The summed E-state index contributed by atoms with van der Waals surface area (Å²) in [6.07, 6.45) is 1.34. The van der Waals surface area contributed by atoms with E-state index < -0.39 is 0 Å². The molecule has 0 spiro atoms. The Labute approximate surface area is 85.3 Å². The summed E-state index contributed by atoms with van der Waals surface area (Å²) in [5, 5.41) is 3.37. The first-order chi connectivity index (χ1) is 5.59. The maximum absolute atomic E-state index is 3.37. The average Bonchev–Trinajstić information content (AvgIpc) is 2.05. The highest BCUT2D eigenvalue weighted by atomic mass is 32.2. The molecule has 1 fully saturated rings. The van der Waals surface area contributed by atoms with Gasteiger partial charge in [-0.25, -0.2) is 0 Å². The minimum absolute atomic E-state index is 0.464. The predicted octanol–water partition coefficient (Wildman–Crippen LogP) is 3.90. The van der Waals surface area contributed by atoms with Crippen molar-refractivity contribution in [2.24, 2.45) is 11.8 Å². The van der Waals surface area contributed by atoms with Gasteiger partial charge in [0.25, 0.3) is 0 Å². The standard InChI is InChI=1S/C10H18S2/c1-8(2)10(9(3)4)5-6-11-7-12-10/h8-9H,5-6H2,1-4H3. The number of thioether (sulfide) groups is 2. The summed E-state index contributed by atoms with van der Waals surface area (Å²) in [4.78, 5) is 0. The van der Waals surface area contributed by atoms with Gasteiger partial charge < -0.3 is 0 Å². The van der Waals surface area contributed by atoms with Crippen LogP contribution >= 0.6 is 23.5 Å². The van der Waals surface area contributed by atoms with E-state index in [1.165, 1.54) is 12.2 Å². The molecule has 0 aromatic carbocycles. The molecule has 1 aliphatic rings. The van der Waals surface area contributed by atoms with Crippen LogP contribution in [0.1, 0.15) is 34.1 Å². The van der Waals surface area contributed by atoms with Gasteiger partial charge in [-0.05, 0) is 24.0 Å². The second-order valence-electron chi connectivity index (χ2n) is 4.05. The van der Waals surface area contributed by atoms with Crippen molar-refractivity contribution >= 4 is 23.5 Å². The van der Waals surface area contributed by atoms with E-state index in [1.807, 2.05) is 23.5 Å². The van der Waals surface area contributed by atoms with Gasteiger partial charge in [0, 0.05) is 4.75 Å². The smallest absolute Gasteiger partial charge is 0.114 e. The van der Waals surface area contributed by atoms with Crippen LogP contribution in [0.4, 0.5) is 0 Å². The molecule has 0 atom stereocenters. The van der Waals surface area contributed by atoms with Gasteiger partial charge in [0.2, 0.25) is 0 Å². The zero-order valence-electron chi connectivity index (χ0n) is 8.39. The van der Waals surface area contributed by atoms with Crippen LogP contribution in [0.2, 0.25) is 0 Å². The normalized spacial score (nSPS) is 23.5. The fourth-order valence-corrected chi connectivity index (χ4v) is 4.32. The molecule has 0 N–H and O–H groups in total. The molecule has 70 valence electrons. The minimum Gasteiger partial charge on any atom is -0.139 e. The Morgan fingerprint density at radius 3 is 2.00 bits per heavy atom. The fourth-order valence-electron chi connectivity index (χ4n) is 1.89. The Kier molecular flexibility index (Phi) is 3.84. The van der Waals surface area contributed by atoms with Crippen molar-refractivity contribution in [3.63, 3.8) is 0 Å². The SMILES string of the molecule is CC(C)C1(C(C)C)CCS[C]S1. The Morgan fingerprint density at radius 2 is 1.75 bits per heavy atom. The lowest BCUT2D eigenvalue weighted by Gasteiger charge is -2.43. The zero-order chi connectivity index (χ0) is 9.19. The maximum Gasteiger partial charge on any atom is 0.114 e. The van der Waals surface area contributed by atoms with Crippen molar-refractivity contribution in [2.45, 2.75) is 38.9 Å². The van der Waals surface area contributed by atoms with E-state index in [2.05, 4.69) is 32.8 Å². The van der Waals surface area contributed by atoms with Crippen LogP contribution in [0.3, 0.4) is 0 Å². The van der Waals surface area contributed by atoms with Crippen LogP contribution in [0.15, 0.2) is 0 Å². The summed E-state index contributed by atoms with van der Waals surface area (Å²) in [5.41, 5.74) is 0. The van der Waals surface area contributed by atoms with E-state index in [0.717, 1.165) is 11.8 Å². The van der Waals surface area contributed by atoms with E-state index >= 15 is 0 Å². The van der Waals surface area contributed by atoms with Crippen molar-refractivity contribution in [2.75, 3.05) is 5.75 Å². The molecule has 2 heteroatoms. The van der Waals surface area contributed by atoms with Crippen molar-refractivity contribution in [1.29, 1.82) is 0 Å². The van der Waals surface area contributed by atoms with Gasteiger partial charge in [0.1, 0.15) is 5.08 Å². The number of rotatable bonds is 2. The maximum atomic E-state index is 3.37. The third-order valence-electron chi connectivity index (χ3n) is 2.84. The van der Waals surface area contributed by atoms with E-state index in [9.17, 15) is 0 Å². The highest BCUT2D eigenvalue weighted by Crippen LogP contribution is 2.50. The van der Waals surface area contributed by atoms with Gasteiger partial charge in [-0.3, -0.25) is 0 Å². The molecule has 1 heterocycles. The van der Waals surface area contributed by atoms with Crippen molar-refractivity contribution < 1.29 is 0 Å². The van der Waals surface area contributed by atoms with Crippen LogP contribution in [-0.2, 0) is 0 Å². The monoisotopic (exact) mass is 202 g/mol. The molecular formula is C10H18S2. The minimum atomic E-state index is 0.464. The molecule has 12 heavy (non-hydrogen) atoms. The summed E-state index contributed by atoms with van der Waals surface area (Å²) >= 11 is 3.78. The Morgan fingerprint density at radius 1 is 1.17 bits per heavy atom. The van der Waals surface area contributed by atoms with Gasteiger partial charge in [0.15, 0.2) is 0 Å². The first kappa shape index (κ1) is 10.8. The topological polar surface area (TPSA) is 0 Å². The second-order valence-corrected chi connectivity index (χ2v) is 6.38. The van der Waals surface area contributed by atoms with Gasteiger partial charge in [-0.1, -0.05) is 27.7 Å². The van der Waals surface area contributed by atoms with Crippen LogP contribution in [0, 0.1) is 16.9 Å². The van der Waals surface area contributed by atoms with E-state index in [0.29, 0.717) is 4.75 Å². The van der Waals surface area contributed by atoms with Gasteiger partial charge >= 0.3 is 0 Å². The number of hydrogen-bond donors (Lipinski definition) is 0. The molecule has 0 saturated carbocycles. The van der Waals surface area contributed by atoms with E-state index in [4.69, 9.17) is 0 Å². The fraction of sp³-hybridized carbons (Fsp3) is 0.900. The lowest BCUT2D eigenvalue weighted by atomic mass is 9.82. The van der Waals surface area contributed by atoms with Crippen LogP contribution in [-0.4, -0.2) is 10.5 Å². The molecule has 0 aromatic rings. The predicted molar refractivity (Wildman–Crippen MR) is 60.3 cm³/mol. The van der Waals surface area contributed by atoms with Crippen molar-refractivity contribution in [3.05, 3.63) is 5.08 Å². The molecular weight excluding hydrogens is 184 g/mol. The summed E-state index contributed by atoms with van der Waals surface area (Å²) in [7, 11) is 0. The molecule has 0 aromatic heterocycles. The Hall–Kier alpha value is 0.700. The molecule has 0 aliphatic carbocycles. The molecule has 1 saturated heterocycles. The van der Waals surface area contributed by atoms with Crippen molar-refractivity contribution in [1.82, 2.24) is 0 Å². The largest absolute Gasteiger partial charge is 0.139 e. The lowest BCUT2D eigenvalue weighted by Crippen LogP contribution is -2.39. The number of hydrogen-bond acceptors (Lipinski definition) is 2. The highest BCUT2D eigenvalue weighted by molar-refractivity contribution is 8.20. The summed E-state index contributed by atoms with van der Waals surface area (Å²) in [6.45, 7) is 9.35. The van der Waals surface area contributed by atoms with E-state index in [1.54, 1.807) is 0 Å². The van der Waals surface area contributed by atoms with Gasteiger partial charge in [-0.2, -0.15) is 0 Å². The summed E-state index contributed by atoms with van der Waals surface area (Å²) < 4.78 is 0.464. The van der Waals surface area contributed by atoms with Gasteiger partial charge in [-0.15, -0.1) is 23.5 Å². The second kappa shape index (κ2) is 4.28. The van der Waals surface area contributed by atoms with E-state index in [-0.39, 0.29) is 0 Å². The molecule has 2 radical (unpaired) electrons. The Balaban J connectivity index is 2.70. The van der Waals surface area contributed by atoms with Gasteiger partial charge in [0.05, 0.1) is 0 Å². The molecule has 0 bridgehead atoms. The quantitative estimate of drug-likeness (QED) is 0.666. The third-order valence-corrected chi connectivity index (χ3v) is 5.58. The summed E-state index contributed by atoms with van der Waals surface area (Å²) in [5.74, 6) is 2.77. The molecule has 1 aliphatic heterocycles. The molecule has 0 unspecified atom stereocenters. The first-order valence-corrected chi connectivity index (χ1v) is 6.44. The lowest BCUT2D eigenvalue weighted by molar-refractivity contribution is 0.327. The molecule has 0 nitrogen and oxygen atoms in total. The average molecular weight is 202 g/mol. The highest BCUT2D eigenvalue weighted by Gasteiger charge is 2.39. The third kappa shape index (κ3) is 1.95. The molecule has 0 amide bonds. The summed E-state index contributed by atoms with van der Waals surface area (Å²) in [6, 6.07) is 0. The Bertz CT molecular complexity index is 125. The van der Waals surface area contributed by atoms with Crippen LogP contribution < -0.4 is 0 Å². The zero-order valence-corrected chi connectivity index (χ0v) is 10.0. The van der Waals surface area contributed by atoms with Crippen molar-refractivity contribution in [3.8, 4) is 0 Å². The van der Waals surface area contributed by atoms with Crippen LogP contribution in [0.25, 0.3) is 0 Å². The molecule has 1 rings (SSSR count). The van der Waals surface area contributed by atoms with Crippen LogP contribution in [0.5, 0.6) is 0 Å².